The third-order valence-corrected chi connectivity index (χ3v) is 7.43. The molecule has 3 aliphatic heterocycles. The van der Waals surface area contributed by atoms with Gasteiger partial charge in [-0.1, -0.05) is 44.2 Å². The lowest BCUT2D eigenvalue weighted by Gasteiger charge is -2.38. The summed E-state index contributed by atoms with van der Waals surface area (Å²) < 4.78 is 14.4. The van der Waals surface area contributed by atoms with E-state index in [0.29, 0.717) is 19.5 Å². The first-order valence-electron chi connectivity index (χ1n) is 11.3. The highest BCUT2D eigenvalue weighted by molar-refractivity contribution is 5.96. The zero-order valence-corrected chi connectivity index (χ0v) is 18.7. The molecule has 2 N–H and O–H groups in total. The maximum absolute atomic E-state index is 14.4. The van der Waals surface area contributed by atoms with Crippen LogP contribution in [0.4, 0.5) is 4.39 Å². The number of alkyl halides is 1. The molecule has 0 aromatic heterocycles. The zero-order chi connectivity index (χ0) is 21.5. The molecule has 1 amide bonds. The third kappa shape index (κ3) is 3.54. The maximum atomic E-state index is 14.4. The van der Waals surface area contributed by atoms with Crippen LogP contribution in [0.25, 0.3) is 0 Å². The molecule has 2 saturated heterocycles. The molecule has 3 heterocycles. The van der Waals surface area contributed by atoms with Gasteiger partial charge in [0.05, 0.1) is 23.4 Å². The number of hydrogen-bond donors (Lipinski definition) is 2. The molecule has 164 valence electrons. The minimum Gasteiger partial charge on any atom is -0.330 e. The van der Waals surface area contributed by atoms with Crippen molar-refractivity contribution in [2.24, 2.45) is 0 Å². The van der Waals surface area contributed by atoms with Crippen LogP contribution in [0.3, 0.4) is 0 Å². The number of halogens is 1. The van der Waals surface area contributed by atoms with E-state index in [4.69, 9.17) is 0 Å². The van der Waals surface area contributed by atoms with Gasteiger partial charge in [-0.05, 0) is 38.7 Å². The number of fused-ring (bicyclic) bond motifs is 1. The molecule has 4 rings (SSSR count). The molecule has 3 aliphatic rings. The second-order valence-corrected chi connectivity index (χ2v) is 9.60. The van der Waals surface area contributed by atoms with Gasteiger partial charge in [0.2, 0.25) is 0 Å². The molecule has 2 atom stereocenters. The highest BCUT2D eigenvalue weighted by Gasteiger charge is 2.48. The number of rotatable bonds is 4. The SMILES string of the molecule is CCC1(CC)CC(F)CN1C(=O)C1=C2CN[C@@H](c3ccccc3)CC(C)(C)N2NC1. The standard InChI is InChI=1S/C24H35FN4O/c1-5-24(6-2)12-18(25)16-28(24)22(30)19-14-27-29-21(19)15-26-20(13-23(29,3)4)17-10-8-7-9-11-17/h7-11,18,20,26-27H,5-6,12-16H2,1-4H3/t18?,20-/m1/s1. The first-order valence-corrected chi connectivity index (χ1v) is 11.3. The molecular formula is C24H35FN4O. The first kappa shape index (κ1) is 21.3. The van der Waals surface area contributed by atoms with Gasteiger partial charge >= 0.3 is 0 Å². The molecule has 1 aromatic carbocycles. The Bertz CT molecular complexity index is 818. The average Bonchev–Trinajstić information content (AvgIpc) is 3.29. The van der Waals surface area contributed by atoms with Crippen LogP contribution in [0.1, 0.15) is 65.0 Å². The topological polar surface area (TPSA) is 47.6 Å². The lowest BCUT2D eigenvalue weighted by molar-refractivity contribution is -0.131. The maximum Gasteiger partial charge on any atom is 0.253 e. The summed E-state index contributed by atoms with van der Waals surface area (Å²) in [7, 11) is 0. The van der Waals surface area contributed by atoms with Crippen LogP contribution in [0.15, 0.2) is 41.6 Å². The van der Waals surface area contributed by atoms with Crippen molar-refractivity contribution >= 4 is 5.91 Å². The fraction of sp³-hybridized carbons (Fsp3) is 0.625. The Kier molecular flexibility index (Phi) is 5.66. The third-order valence-electron chi connectivity index (χ3n) is 7.43. The normalized spacial score (nSPS) is 27.9. The molecule has 1 unspecified atom stereocenters. The Morgan fingerprint density at radius 3 is 2.50 bits per heavy atom. The molecule has 6 heteroatoms. The number of carbonyl (C=O) groups excluding carboxylic acids is 1. The highest BCUT2D eigenvalue weighted by Crippen LogP contribution is 2.40. The van der Waals surface area contributed by atoms with Crippen LogP contribution in [0.5, 0.6) is 0 Å². The fourth-order valence-corrected chi connectivity index (χ4v) is 5.62. The average molecular weight is 415 g/mol. The predicted molar refractivity (Wildman–Crippen MR) is 117 cm³/mol. The van der Waals surface area contributed by atoms with Crippen molar-refractivity contribution < 1.29 is 9.18 Å². The van der Waals surface area contributed by atoms with Gasteiger partial charge in [0.1, 0.15) is 6.17 Å². The summed E-state index contributed by atoms with van der Waals surface area (Å²) in [4.78, 5) is 15.5. The Morgan fingerprint density at radius 2 is 1.83 bits per heavy atom. The van der Waals surface area contributed by atoms with Crippen LogP contribution < -0.4 is 10.7 Å². The van der Waals surface area contributed by atoms with Crippen molar-refractivity contribution in [3.63, 3.8) is 0 Å². The summed E-state index contributed by atoms with van der Waals surface area (Å²) >= 11 is 0. The fourth-order valence-electron chi connectivity index (χ4n) is 5.62. The van der Waals surface area contributed by atoms with Gasteiger partial charge in [0, 0.05) is 31.1 Å². The zero-order valence-electron chi connectivity index (χ0n) is 18.7. The number of benzene rings is 1. The Morgan fingerprint density at radius 1 is 1.13 bits per heavy atom. The predicted octanol–water partition coefficient (Wildman–Crippen LogP) is 3.70. The van der Waals surface area contributed by atoms with Gasteiger partial charge < -0.3 is 15.2 Å². The molecule has 0 radical (unpaired) electrons. The highest BCUT2D eigenvalue weighted by atomic mass is 19.1. The monoisotopic (exact) mass is 414 g/mol. The van der Waals surface area contributed by atoms with Crippen molar-refractivity contribution in [2.75, 3.05) is 19.6 Å². The summed E-state index contributed by atoms with van der Waals surface area (Å²) in [5.74, 6) is -0.000360. The van der Waals surface area contributed by atoms with Gasteiger partial charge in [-0.2, -0.15) is 0 Å². The minimum absolute atomic E-state index is 0.000360. The summed E-state index contributed by atoms with van der Waals surface area (Å²) in [5, 5.41) is 5.85. The number of hydrogen-bond acceptors (Lipinski definition) is 4. The Balaban J connectivity index is 1.65. The second kappa shape index (κ2) is 7.97. The Hall–Kier alpha value is -1.92. The lowest BCUT2D eigenvalue weighted by atomic mass is 9.89. The van der Waals surface area contributed by atoms with E-state index in [1.165, 1.54) is 5.56 Å². The van der Waals surface area contributed by atoms with E-state index in [0.717, 1.165) is 30.5 Å². The molecule has 0 spiro atoms. The van der Waals surface area contributed by atoms with E-state index in [2.05, 4.69) is 67.7 Å². The molecular weight excluding hydrogens is 379 g/mol. The summed E-state index contributed by atoms with van der Waals surface area (Å²) in [6.07, 6.45) is 2.01. The van der Waals surface area contributed by atoms with Gasteiger partial charge in [0.25, 0.3) is 5.91 Å². The quantitative estimate of drug-likeness (QED) is 0.789. The van der Waals surface area contributed by atoms with Crippen LogP contribution >= 0.6 is 0 Å². The van der Waals surface area contributed by atoms with Crippen molar-refractivity contribution in [1.29, 1.82) is 0 Å². The van der Waals surface area contributed by atoms with E-state index in [1.807, 2.05) is 11.0 Å². The largest absolute Gasteiger partial charge is 0.330 e. The van der Waals surface area contributed by atoms with E-state index in [9.17, 15) is 9.18 Å². The van der Waals surface area contributed by atoms with Gasteiger partial charge in [0.15, 0.2) is 0 Å². The summed E-state index contributed by atoms with van der Waals surface area (Å²) in [6.45, 7) is 9.90. The summed E-state index contributed by atoms with van der Waals surface area (Å²) in [5.41, 5.74) is 5.99. The van der Waals surface area contributed by atoms with Gasteiger partial charge in [-0.3, -0.25) is 4.79 Å². The molecule has 0 saturated carbocycles. The van der Waals surface area contributed by atoms with E-state index < -0.39 is 6.17 Å². The number of nitrogens with zero attached hydrogens (tertiary/aromatic N) is 2. The van der Waals surface area contributed by atoms with Crippen LogP contribution in [-0.2, 0) is 4.79 Å². The lowest BCUT2D eigenvalue weighted by Crippen LogP contribution is -2.48. The number of hydrazine groups is 1. The van der Waals surface area contributed by atoms with Crippen LogP contribution in [0, 0.1) is 0 Å². The smallest absolute Gasteiger partial charge is 0.253 e. The van der Waals surface area contributed by atoms with Gasteiger partial charge in [-0.15, -0.1) is 0 Å². The molecule has 0 bridgehead atoms. The van der Waals surface area contributed by atoms with E-state index >= 15 is 0 Å². The molecule has 30 heavy (non-hydrogen) atoms. The molecule has 5 nitrogen and oxygen atoms in total. The van der Waals surface area contributed by atoms with Crippen LogP contribution in [0.2, 0.25) is 0 Å². The Labute approximate surface area is 179 Å². The number of carbonyl (C=O) groups is 1. The molecule has 1 aromatic rings. The summed E-state index contributed by atoms with van der Waals surface area (Å²) in [6, 6.07) is 10.7. The van der Waals surface area contributed by atoms with Crippen molar-refractivity contribution in [3.05, 3.63) is 47.2 Å². The first-order chi connectivity index (χ1) is 14.3. The van der Waals surface area contributed by atoms with Crippen molar-refractivity contribution in [3.8, 4) is 0 Å². The number of nitrogens with one attached hydrogen (secondary N) is 2. The molecule has 0 aliphatic carbocycles. The van der Waals surface area contributed by atoms with Crippen molar-refractivity contribution in [2.45, 2.75) is 76.7 Å². The minimum atomic E-state index is -0.934. The second-order valence-electron chi connectivity index (χ2n) is 9.60. The van der Waals surface area contributed by atoms with E-state index in [-0.39, 0.29) is 29.6 Å². The van der Waals surface area contributed by atoms with Crippen LogP contribution in [-0.4, -0.2) is 52.7 Å². The van der Waals surface area contributed by atoms with Crippen molar-refractivity contribution in [1.82, 2.24) is 20.7 Å². The number of amides is 1. The number of likely N-dealkylation sites (tertiary alicyclic amines) is 1. The molecule has 2 fully saturated rings. The van der Waals surface area contributed by atoms with E-state index in [1.54, 1.807) is 0 Å². The van der Waals surface area contributed by atoms with Gasteiger partial charge in [-0.25, -0.2) is 9.82 Å².